The summed E-state index contributed by atoms with van der Waals surface area (Å²) in [5.41, 5.74) is 8.48. The molecule has 2 aromatic rings. The van der Waals surface area contributed by atoms with Gasteiger partial charge in [-0.25, -0.2) is 4.98 Å². The Morgan fingerprint density at radius 3 is 2.66 bits per heavy atom. The maximum absolute atomic E-state index is 12.9. The Bertz CT molecular complexity index is 843. The maximum atomic E-state index is 12.9. The van der Waals surface area contributed by atoms with Crippen molar-refractivity contribution in [2.75, 3.05) is 18.0 Å². The van der Waals surface area contributed by atoms with Crippen molar-refractivity contribution in [3.05, 3.63) is 35.4 Å². The van der Waals surface area contributed by atoms with E-state index in [1.54, 1.807) is 6.92 Å². The number of aryl methyl sites for hydroxylation is 1. The van der Waals surface area contributed by atoms with E-state index in [4.69, 9.17) is 10.7 Å². The van der Waals surface area contributed by atoms with Gasteiger partial charge in [0, 0.05) is 30.6 Å². The van der Waals surface area contributed by atoms with E-state index in [1.165, 1.54) is 12.8 Å². The van der Waals surface area contributed by atoms with Gasteiger partial charge < -0.3 is 21.3 Å². The third-order valence-corrected chi connectivity index (χ3v) is 5.59. The van der Waals surface area contributed by atoms with E-state index in [-0.39, 0.29) is 5.91 Å². The van der Waals surface area contributed by atoms with Crippen LogP contribution in [0.1, 0.15) is 62.4 Å². The quantitative estimate of drug-likeness (QED) is 0.624. The number of amides is 1. The Morgan fingerprint density at radius 1 is 1.28 bits per heavy atom. The SMILES string of the molecule is CCCC(C)NC1CCN(c2nc3ccc(C)cc3cc2C(=O)NC(C)N)CC1. The Kier molecular flexibility index (Phi) is 7.09. The number of nitrogens with one attached hydrogen (secondary N) is 2. The largest absolute Gasteiger partial charge is 0.356 e. The summed E-state index contributed by atoms with van der Waals surface area (Å²) in [6, 6.07) is 9.19. The van der Waals surface area contributed by atoms with Gasteiger partial charge in [0.25, 0.3) is 5.91 Å². The van der Waals surface area contributed by atoms with Gasteiger partial charge in [-0.05, 0) is 58.2 Å². The highest BCUT2D eigenvalue weighted by Crippen LogP contribution is 2.27. The summed E-state index contributed by atoms with van der Waals surface area (Å²) in [6.07, 6.45) is 4.10. The fraction of sp³-hybridized carbons (Fsp3) is 0.565. The van der Waals surface area contributed by atoms with Gasteiger partial charge in [-0.1, -0.05) is 25.0 Å². The molecule has 1 aliphatic heterocycles. The molecule has 1 saturated heterocycles. The third kappa shape index (κ3) is 5.46. The molecule has 0 radical (unpaired) electrons. The zero-order chi connectivity index (χ0) is 21.0. The minimum Gasteiger partial charge on any atom is -0.356 e. The number of carbonyl (C=O) groups excluding carboxylic acids is 1. The zero-order valence-corrected chi connectivity index (χ0v) is 18.2. The van der Waals surface area contributed by atoms with E-state index in [0.717, 1.165) is 48.2 Å². The van der Waals surface area contributed by atoms with E-state index in [0.29, 0.717) is 17.6 Å². The summed E-state index contributed by atoms with van der Waals surface area (Å²) in [7, 11) is 0. The lowest BCUT2D eigenvalue weighted by Gasteiger charge is -2.35. The van der Waals surface area contributed by atoms with Crippen LogP contribution in [0.4, 0.5) is 5.82 Å². The average molecular weight is 398 g/mol. The molecule has 2 unspecified atom stereocenters. The maximum Gasteiger partial charge on any atom is 0.256 e. The van der Waals surface area contributed by atoms with Crippen molar-refractivity contribution in [1.82, 2.24) is 15.6 Å². The standard InChI is InChI=1S/C23H35N5O/c1-5-6-16(3)25-19-9-11-28(12-10-19)22-20(23(29)26-17(4)24)14-18-13-15(2)7-8-21(18)27-22/h7-8,13-14,16-17,19,25H,5-6,9-12,24H2,1-4H3,(H,26,29). The molecule has 3 rings (SSSR count). The molecule has 0 spiro atoms. The van der Waals surface area contributed by atoms with Crippen molar-refractivity contribution in [2.24, 2.45) is 5.73 Å². The first kappa shape index (κ1) is 21.5. The van der Waals surface area contributed by atoms with Gasteiger partial charge in [-0.15, -0.1) is 0 Å². The van der Waals surface area contributed by atoms with Crippen molar-refractivity contribution < 1.29 is 4.79 Å². The van der Waals surface area contributed by atoms with Crippen LogP contribution in [-0.2, 0) is 0 Å². The number of rotatable bonds is 7. The van der Waals surface area contributed by atoms with Crippen LogP contribution in [0, 0.1) is 6.92 Å². The molecule has 0 aliphatic carbocycles. The predicted molar refractivity (Wildman–Crippen MR) is 120 cm³/mol. The van der Waals surface area contributed by atoms with Crippen molar-refractivity contribution in [3.63, 3.8) is 0 Å². The van der Waals surface area contributed by atoms with Crippen LogP contribution in [0.3, 0.4) is 0 Å². The molecule has 1 fully saturated rings. The van der Waals surface area contributed by atoms with E-state index < -0.39 is 6.17 Å². The number of nitrogens with zero attached hydrogens (tertiary/aromatic N) is 2. The summed E-state index contributed by atoms with van der Waals surface area (Å²) >= 11 is 0. The van der Waals surface area contributed by atoms with Crippen LogP contribution in [0.2, 0.25) is 0 Å². The fourth-order valence-corrected chi connectivity index (χ4v) is 4.16. The van der Waals surface area contributed by atoms with Crippen molar-refractivity contribution in [2.45, 2.75) is 71.6 Å². The Labute approximate surface area is 174 Å². The van der Waals surface area contributed by atoms with Gasteiger partial charge >= 0.3 is 0 Å². The molecule has 1 aliphatic rings. The lowest BCUT2D eigenvalue weighted by Crippen LogP contribution is -2.46. The number of fused-ring (bicyclic) bond motifs is 1. The molecule has 2 atom stereocenters. The molecule has 6 heteroatoms. The zero-order valence-electron chi connectivity index (χ0n) is 18.2. The van der Waals surface area contributed by atoms with Crippen LogP contribution >= 0.6 is 0 Å². The molecular formula is C23H35N5O. The first-order valence-electron chi connectivity index (χ1n) is 10.9. The number of hydrogen-bond donors (Lipinski definition) is 3. The molecule has 1 amide bonds. The van der Waals surface area contributed by atoms with E-state index in [1.807, 2.05) is 19.1 Å². The molecular weight excluding hydrogens is 362 g/mol. The first-order chi connectivity index (χ1) is 13.9. The van der Waals surface area contributed by atoms with Gasteiger partial charge in [-0.3, -0.25) is 4.79 Å². The summed E-state index contributed by atoms with van der Waals surface area (Å²) in [6.45, 7) is 10.1. The van der Waals surface area contributed by atoms with Crippen LogP contribution in [0.5, 0.6) is 0 Å². The van der Waals surface area contributed by atoms with Crippen molar-refractivity contribution in [1.29, 1.82) is 0 Å². The highest BCUT2D eigenvalue weighted by Gasteiger charge is 2.25. The van der Waals surface area contributed by atoms with Crippen molar-refractivity contribution in [3.8, 4) is 0 Å². The number of benzene rings is 1. The second-order valence-corrected chi connectivity index (χ2v) is 8.44. The normalized spacial score (nSPS) is 17.3. The minimum absolute atomic E-state index is 0.164. The highest BCUT2D eigenvalue weighted by atomic mass is 16.1. The van der Waals surface area contributed by atoms with Gasteiger partial charge in [0.2, 0.25) is 0 Å². The fourth-order valence-electron chi connectivity index (χ4n) is 4.16. The van der Waals surface area contributed by atoms with Crippen LogP contribution < -0.4 is 21.3 Å². The smallest absolute Gasteiger partial charge is 0.256 e. The summed E-state index contributed by atoms with van der Waals surface area (Å²) in [5.74, 6) is 0.599. The third-order valence-electron chi connectivity index (χ3n) is 5.59. The van der Waals surface area contributed by atoms with E-state index in [2.05, 4.69) is 41.5 Å². The first-order valence-corrected chi connectivity index (χ1v) is 10.9. The number of anilines is 1. The molecule has 4 N–H and O–H groups in total. The Hall–Kier alpha value is -2.18. The van der Waals surface area contributed by atoms with E-state index >= 15 is 0 Å². The molecule has 29 heavy (non-hydrogen) atoms. The molecule has 158 valence electrons. The van der Waals surface area contributed by atoms with Gasteiger partial charge in [0.15, 0.2) is 0 Å². The number of hydrogen-bond acceptors (Lipinski definition) is 5. The lowest BCUT2D eigenvalue weighted by molar-refractivity contribution is 0.0941. The van der Waals surface area contributed by atoms with E-state index in [9.17, 15) is 4.79 Å². The topological polar surface area (TPSA) is 83.3 Å². The van der Waals surface area contributed by atoms with Crippen molar-refractivity contribution >= 4 is 22.6 Å². The average Bonchev–Trinajstić information content (AvgIpc) is 2.67. The minimum atomic E-state index is -0.404. The van der Waals surface area contributed by atoms with Gasteiger partial charge in [0.05, 0.1) is 17.2 Å². The predicted octanol–water partition coefficient (Wildman–Crippen LogP) is 3.32. The summed E-state index contributed by atoms with van der Waals surface area (Å²) < 4.78 is 0. The number of nitrogens with two attached hydrogens (primary N) is 1. The Balaban J connectivity index is 1.84. The molecule has 6 nitrogen and oxygen atoms in total. The Morgan fingerprint density at radius 2 is 2.00 bits per heavy atom. The van der Waals surface area contributed by atoms with Gasteiger partial charge in [-0.2, -0.15) is 0 Å². The van der Waals surface area contributed by atoms with Gasteiger partial charge in [0.1, 0.15) is 5.82 Å². The van der Waals surface area contributed by atoms with Crippen LogP contribution in [-0.4, -0.2) is 42.2 Å². The number of aromatic nitrogens is 1. The summed E-state index contributed by atoms with van der Waals surface area (Å²) in [4.78, 5) is 20.0. The lowest BCUT2D eigenvalue weighted by atomic mass is 10.0. The second kappa shape index (κ2) is 9.55. The molecule has 0 bridgehead atoms. The number of pyridine rings is 1. The monoisotopic (exact) mass is 397 g/mol. The van der Waals surface area contributed by atoms with Crippen LogP contribution in [0.15, 0.2) is 24.3 Å². The molecule has 1 aromatic heterocycles. The van der Waals surface area contributed by atoms with Crippen LogP contribution in [0.25, 0.3) is 10.9 Å². The molecule has 1 aromatic carbocycles. The number of piperidine rings is 1. The number of carbonyl (C=O) groups is 1. The second-order valence-electron chi connectivity index (χ2n) is 8.44. The summed E-state index contributed by atoms with van der Waals surface area (Å²) in [5, 5.41) is 7.55. The molecule has 0 saturated carbocycles. The molecule has 2 heterocycles. The highest BCUT2D eigenvalue weighted by molar-refractivity contribution is 6.02.